The summed E-state index contributed by atoms with van der Waals surface area (Å²) in [7, 11) is 0. The molecular weight excluding hydrogens is 296 g/mol. The molecule has 1 heterocycles. The number of carbonyl (C=O) groups excluding carboxylic acids is 1. The van der Waals surface area contributed by atoms with Crippen LogP contribution in [0.25, 0.3) is 11.3 Å². The Bertz CT molecular complexity index is 689. The number of carbonyl (C=O) groups is 1. The first kappa shape index (κ1) is 16.4. The summed E-state index contributed by atoms with van der Waals surface area (Å²) in [4.78, 5) is 26.6. The van der Waals surface area contributed by atoms with Crippen LogP contribution in [0.5, 0.6) is 0 Å². The van der Waals surface area contributed by atoms with Crippen LogP contribution in [0, 0.1) is 10.1 Å². The first-order chi connectivity index (χ1) is 11.1. The van der Waals surface area contributed by atoms with Crippen molar-refractivity contribution in [1.82, 2.24) is 10.3 Å². The molecule has 0 spiro atoms. The predicted octanol–water partition coefficient (Wildman–Crippen LogP) is 2.59. The number of amides is 1. The van der Waals surface area contributed by atoms with Gasteiger partial charge in [-0.2, -0.15) is 0 Å². The second-order valence-electron chi connectivity index (χ2n) is 4.89. The Balaban J connectivity index is 2.20. The van der Waals surface area contributed by atoms with Gasteiger partial charge < -0.3 is 10.6 Å². The summed E-state index contributed by atoms with van der Waals surface area (Å²) in [5.41, 5.74) is 0.852. The van der Waals surface area contributed by atoms with E-state index in [1.165, 1.54) is 12.1 Å². The van der Waals surface area contributed by atoms with E-state index in [2.05, 4.69) is 15.6 Å². The Hall–Kier alpha value is -2.96. The van der Waals surface area contributed by atoms with Gasteiger partial charge in [-0.1, -0.05) is 37.3 Å². The summed E-state index contributed by atoms with van der Waals surface area (Å²) in [6.07, 6.45) is 0.861. The Labute approximate surface area is 133 Å². The summed E-state index contributed by atoms with van der Waals surface area (Å²) in [6, 6.07) is 11.8. The van der Waals surface area contributed by atoms with Crippen LogP contribution >= 0.6 is 0 Å². The molecule has 7 heteroatoms. The van der Waals surface area contributed by atoms with Crippen molar-refractivity contribution in [3.8, 4) is 11.3 Å². The van der Waals surface area contributed by atoms with E-state index in [1.807, 2.05) is 13.0 Å². The van der Waals surface area contributed by atoms with E-state index >= 15 is 0 Å². The van der Waals surface area contributed by atoms with Gasteiger partial charge in [-0.3, -0.25) is 14.9 Å². The van der Waals surface area contributed by atoms with Gasteiger partial charge in [0.05, 0.1) is 11.5 Å². The van der Waals surface area contributed by atoms with Crippen LogP contribution in [0.1, 0.15) is 13.3 Å². The lowest BCUT2D eigenvalue weighted by atomic mass is 10.1. The summed E-state index contributed by atoms with van der Waals surface area (Å²) in [6.45, 7) is 2.65. The largest absolute Gasteiger partial charge is 0.361 e. The topological polar surface area (TPSA) is 97.2 Å². The standard InChI is InChI=1S/C16H18N4O3/c1-2-10-17-15(21)11-18-14-9-8-13(20(22)23)16(19-14)12-6-4-3-5-7-12/h3-9H,2,10-11H2,1H3,(H,17,21)(H,18,19). The summed E-state index contributed by atoms with van der Waals surface area (Å²) in [5.74, 6) is 0.273. The molecule has 1 aromatic carbocycles. The van der Waals surface area contributed by atoms with E-state index in [4.69, 9.17) is 0 Å². The molecule has 0 unspecified atom stereocenters. The van der Waals surface area contributed by atoms with Crippen molar-refractivity contribution in [1.29, 1.82) is 0 Å². The molecule has 1 amide bonds. The number of rotatable bonds is 7. The number of nitrogens with one attached hydrogen (secondary N) is 2. The van der Waals surface area contributed by atoms with Gasteiger partial charge in [0, 0.05) is 18.2 Å². The van der Waals surface area contributed by atoms with Crippen molar-refractivity contribution in [2.24, 2.45) is 0 Å². The number of nitro groups is 1. The van der Waals surface area contributed by atoms with Gasteiger partial charge in [0.25, 0.3) is 5.69 Å². The molecule has 120 valence electrons. The summed E-state index contributed by atoms with van der Waals surface area (Å²) >= 11 is 0. The molecule has 0 saturated heterocycles. The lowest BCUT2D eigenvalue weighted by molar-refractivity contribution is -0.384. The van der Waals surface area contributed by atoms with Crippen LogP contribution < -0.4 is 10.6 Å². The van der Waals surface area contributed by atoms with Gasteiger partial charge in [-0.05, 0) is 12.5 Å². The van der Waals surface area contributed by atoms with Crippen LogP contribution in [0.2, 0.25) is 0 Å². The minimum absolute atomic E-state index is 0.0685. The number of nitrogens with zero attached hydrogens (tertiary/aromatic N) is 2. The molecule has 1 aromatic heterocycles. The molecule has 2 N–H and O–H groups in total. The van der Waals surface area contributed by atoms with Gasteiger partial charge in [-0.15, -0.1) is 0 Å². The number of aromatic nitrogens is 1. The molecule has 2 aromatic rings. The highest BCUT2D eigenvalue weighted by Gasteiger charge is 2.17. The molecule has 0 fully saturated rings. The highest BCUT2D eigenvalue weighted by atomic mass is 16.6. The molecule has 0 bridgehead atoms. The third-order valence-electron chi connectivity index (χ3n) is 3.12. The van der Waals surface area contributed by atoms with Gasteiger partial charge in [0.15, 0.2) is 5.69 Å². The quantitative estimate of drug-likeness (QED) is 0.605. The monoisotopic (exact) mass is 314 g/mol. The Morgan fingerprint density at radius 3 is 2.61 bits per heavy atom. The molecule has 7 nitrogen and oxygen atoms in total. The Kier molecular flexibility index (Phi) is 5.62. The minimum Gasteiger partial charge on any atom is -0.361 e. The molecule has 0 aliphatic heterocycles. The van der Waals surface area contributed by atoms with Crippen molar-refractivity contribution < 1.29 is 9.72 Å². The van der Waals surface area contributed by atoms with Crippen LogP contribution in [0.15, 0.2) is 42.5 Å². The zero-order valence-electron chi connectivity index (χ0n) is 12.8. The zero-order chi connectivity index (χ0) is 16.7. The first-order valence-corrected chi connectivity index (χ1v) is 7.33. The SMILES string of the molecule is CCCNC(=O)CNc1ccc([N+](=O)[O-])c(-c2ccccc2)n1. The third-order valence-corrected chi connectivity index (χ3v) is 3.12. The van der Waals surface area contributed by atoms with Crippen molar-refractivity contribution in [3.63, 3.8) is 0 Å². The predicted molar refractivity (Wildman–Crippen MR) is 88.1 cm³/mol. The van der Waals surface area contributed by atoms with Crippen LogP contribution in [0.4, 0.5) is 11.5 Å². The van der Waals surface area contributed by atoms with Gasteiger partial charge in [0.2, 0.25) is 5.91 Å². The summed E-state index contributed by atoms with van der Waals surface area (Å²) < 4.78 is 0. The zero-order valence-corrected chi connectivity index (χ0v) is 12.8. The van der Waals surface area contributed by atoms with E-state index in [-0.39, 0.29) is 23.8 Å². The summed E-state index contributed by atoms with van der Waals surface area (Å²) in [5, 5.41) is 16.8. The molecule has 0 aliphatic rings. The number of hydrogen-bond acceptors (Lipinski definition) is 5. The van der Waals surface area contributed by atoms with Crippen molar-refractivity contribution >= 4 is 17.4 Å². The molecular formula is C16H18N4O3. The molecule has 2 rings (SSSR count). The smallest absolute Gasteiger partial charge is 0.295 e. The molecule has 0 aliphatic carbocycles. The van der Waals surface area contributed by atoms with E-state index in [9.17, 15) is 14.9 Å². The Morgan fingerprint density at radius 2 is 1.96 bits per heavy atom. The fourth-order valence-corrected chi connectivity index (χ4v) is 2.00. The number of hydrogen-bond donors (Lipinski definition) is 2. The van der Waals surface area contributed by atoms with Crippen LogP contribution in [0.3, 0.4) is 0 Å². The lowest BCUT2D eigenvalue weighted by Crippen LogP contribution is -2.30. The van der Waals surface area contributed by atoms with E-state index in [0.29, 0.717) is 17.9 Å². The van der Waals surface area contributed by atoms with Gasteiger partial charge in [-0.25, -0.2) is 4.98 Å². The molecule has 0 atom stereocenters. The Morgan fingerprint density at radius 1 is 1.22 bits per heavy atom. The average molecular weight is 314 g/mol. The minimum atomic E-state index is -0.465. The third kappa shape index (κ3) is 4.50. The van der Waals surface area contributed by atoms with Gasteiger partial charge in [0.1, 0.15) is 5.82 Å². The number of pyridine rings is 1. The highest BCUT2D eigenvalue weighted by molar-refractivity contribution is 5.80. The lowest BCUT2D eigenvalue weighted by Gasteiger charge is -2.08. The molecule has 0 radical (unpaired) electrons. The maximum Gasteiger partial charge on any atom is 0.295 e. The first-order valence-electron chi connectivity index (χ1n) is 7.33. The highest BCUT2D eigenvalue weighted by Crippen LogP contribution is 2.28. The van der Waals surface area contributed by atoms with Crippen molar-refractivity contribution in [3.05, 3.63) is 52.6 Å². The van der Waals surface area contributed by atoms with Crippen LogP contribution in [-0.4, -0.2) is 28.9 Å². The average Bonchev–Trinajstić information content (AvgIpc) is 2.58. The fourth-order valence-electron chi connectivity index (χ4n) is 2.00. The normalized spacial score (nSPS) is 10.1. The van der Waals surface area contributed by atoms with E-state index < -0.39 is 4.92 Å². The maximum atomic E-state index is 11.6. The molecule has 0 saturated carbocycles. The van der Waals surface area contributed by atoms with Crippen molar-refractivity contribution in [2.45, 2.75) is 13.3 Å². The second kappa shape index (κ2) is 7.88. The van der Waals surface area contributed by atoms with Gasteiger partial charge >= 0.3 is 0 Å². The van der Waals surface area contributed by atoms with Crippen LogP contribution in [-0.2, 0) is 4.79 Å². The maximum absolute atomic E-state index is 11.6. The second-order valence-corrected chi connectivity index (χ2v) is 4.89. The number of anilines is 1. The van der Waals surface area contributed by atoms with E-state index in [1.54, 1.807) is 24.3 Å². The molecule has 23 heavy (non-hydrogen) atoms. The fraction of sp³-hybridized carbons (Fsp3) is 0.250. The van der Waals surface area contributed by atoms with Crippen molar-refractivity contribution in [2.75, 3.05) is 18.4 Å². The number of benzene rings is 1. The van der Waals surface area contributed by atoms with E-state index in [0.717, 1.165) is 6.42 Å².